The van der Waals surface area contributed by atoms with Crippen LogP contribution in [0.1, 0.15) is 43.4 Å². The molecule has 4 N–H and O–H groups in total. The SMILES string of the molecule is CC(C)(C)OC(=O)n1cc(C[C@@H](NC(=O)C(=O)O)C(=O)NNC(=O)OCC2c3ccccc3-c3ccccc32)c2ccccc21. The van der Waals surface area contributed by atoms with Crippen LogP contribution in [0.3, 0.4) is 0 Å². The molecule has 1 aliphatic carbocycles. The first-order valence-corrected chi connectivity index (χ1v) is 14.2. The first-order chi connectivity index (χ1) is 21.4. The minimum Gasteiger partial charge on any atom is -0.474 e. The molecule has 0 fully saturated rings. The van der Waals surface area contributed by atoms with Gasteiger partial charge in [0.05, 0.1) is 5.52 Å². The van der Waals surface area contributed by atoms with Gasteiger partial charge < -0.3 is 19.9 Å². The monoisotopic (exact) mass is 612 g/mol. The number of amides is 3. The second-order valence-corrected chi connectivity index (χ2v) is 11.5. The van der Waals surface area contributed by atoms with Gasteiger partial charge in [-0.2, -0.15) is 0 Å². The second kappa shape index (κ2) is 12.5. The molecule has 3 aromatic carbocycles. The van der Waals surface area contributed by atoms with Crippen molar-refractivity contribution >= 4 is 40.9 Å². The van der Waals surface area contributed by atoms with E-state index in [2.05, 4.69) is 16.2 Å². The lowest BCUT2D eigenvalue weighted by atomic mass is 9.98. The lowest BCUT2D eigenvalue weighted by Crippen LogP contribution is -2.54. The third-order valence-corrected chi connectivity index (χ3v) is 7.26. The van der Waals surface area contributed by atoms with Crippen LogP contribution in [0.2, 0.25) is 0 Å². The minimum absolute atomic E-state index is 0.000914. The first-order valence-electron chi connectivity index (χ1n) is 14.2. The molecule has 1 aliphatic rings. The quantitative estimate of drug-likeness (QED) is 0.187. The Bertz CT molecular complexity index is 1760. The van der Waals surface area contributed by atoms with Gasteiger partial charge in [-0.25, -0.2) is 19.8 Å². The molecule has 0 spiro atoms. The van der Waals surface area contributed by atoms with E-state index in [9.17, 15) is 24.0 Å². The van der Waals surface area contributed by atoms with E-state index >= 15 is 0 Å². The summed E-state index contributed by atoms with van der Waals surface area (Å²) in [6, 6.07) is 21.1. The average molecular weight is 613 g/mol. The van der Waals surface area contributed by atoms with E-state index in [1.807, 2.05) is 48.5 Å². The zero-order valence-corrected chi connectivity index (χ0v) is 24.8. The predicted molar refractivity (Wildman–Crippen MR) is 163 cm³/mol. The van der Waals surface area contributed by atoms with Crippen LogP contribution >= 0.6 is 0 Å². The van der Waals surface area contributed by atoms with E-state index in [0.717, 1.165) is 22.3 Å². The number of carboxylic acid groups (broad SMARTS) is 1. The van der Waals surface area contributed by atoms with Crippen molar-refractivity contribution in [3.63, 3.8) is 0 Å². The van der Waals surface area contributed by atoms with Gasteiger partial charge in [0, 0.05) is 23.9 Å². The Morgan fingerprint density at radius 3 is 2.09 bits per heavy atom. The maximum atomic E-state index is 13.2. The maximum absolute atomic E-state index is 13.2. The number of para-hydroxylation sites is 1. The molecule has 0 saturated carbocycles. The van der Waals surface area contributed by atoms with Crippen LogP contribution in [-0.2, 0) is 30.3 Å². The Hall–Kier alpha value is -5.65. The molecule has 45 heavy (non-hydrogen) atoms. The van der Waals surface area contributed by atoms with E-state index in [-0.39, 0.29) is 18.9 Å². The number of hydrogen-bond acceptors (Lipinski definition) is 7. The molecule has 232 valence electrons. The van der Waals surface area contributed by atoms with Crippen LogP contribution in [-0.4, -0.2) is 57.9 Å². The number of hydrogen-bond donors (Lipinski definition) is 4. The number of aromatic nitrogens is 1. The smallest absolute Gasteiger partial charge is 0.426 e. The lowest BCUT2D eigenvalue weighted by Gasteiger charge is -2.19. The van der Waals surface area contributed by atoms with Crippen molar-refractivity contribution < 1.29 is 38.6 Å². The van der Waals surface area contributed by atoms with Crippen molar-refractivity contribution in [3.05, 3.63) is 95.7 Å². The molecule has 1 aromatic heterocycles. The second-order valence-electron chi connectivity index (χ2n) is 11.5. The molecule has 0 aliphatic heterocycles. The van der Waals surface area contributed by atoms with Crippen molar-refractivity contribution in [2.45, 2.75) is 44.8 Å². The summed E-state index contributed by atoms with van der Waals surface area (Å²) in [6.07, 6.45) is -0.356. The fourth-order valence-corrected chi connectivity index (χ4v) is 5.36. The van der Waals surface area contributed by atoms with Crippen LogP contribution in [0.15, 0.2) is 79.0 Å². The van der Waals surface area contributed by atoms with E-state index < -0.39 is 41.6 Å². The minimum atomic E-state index is -1.80. The van der Waals surface area contributed by atoms with E-state index in [1.165, 1.54) is 10.8 Å². The van der Waals surface area contributed by atoms with Crippen molar-refractivity contribution in [3.8, 4) is 11.1 Å². The number of carbonyl (C=O) groups is 5. The van der Waals surface area contributed by atoms with Gasteiger partial charge in [-0.3, -0.25) is 19.6 Å². The Morgan fingerprint density at radius 1 is 0.867 bits per heavy atom. The fraction of sp³-hybridized carbons (Fsp3) is 0.242. The molecule has 0 saturated heterocycles. The number of ether oxygens (including phenoxy) is 2. The molecule has 0 bridgehead atoms. The molecule has 4 aromatic rings. The standard InChI is InChI=1S/C33H32N4O8/c1-33(2,3)45-32(43)37-17-19(20-10-8-9-15-27(20)37)16-26(34-29(39)30(40)41)28(38)35-36-31(42)44-18-25-23-13-6-4-11-21(23)22-12-5-7-14-24(22)25/h4-15,17,25-26H,16,18H2,1-3H3,(H,34,39)(H,35,38)(H,36,42)(H,40,41)/t26-/m1/s1. The van der Waals surface area contributed by atoms with Gasteiger partial charge in [0.15, 0.2) is 0 Å². The zero-order chi connectivity index (χ0) is 32.3. The van der Waals surface area contributed by atoms with Crippen LogP contribution in [0.5, 0.6) is 0 Å². The van der Waals surface area contributed by atoms with Gasteiger partial charge in [-0.05, 0) is 54.7 Å². The van der Waals surface area contributed by atoms with Crippen molar-refractivity contribution in [1.82, 2.24) is 20.7 Å². The number of carbonyl (C=O) groups excluding carboxylic acids is 4. The van der Waals surface area contributed by atoms with E-state index in [4.69, 9.17) is 14.6 Å². The molecule has 3 amide bonds. The molecule has 5 rings (SSSR count). The van der Waals surface area contributed by atoms with Crippen LogP contribution in [0.25, 0.3) is 22.0 Å². The van der Waals surface area contributed by atoms with Crippen LogP contribution in [0, 0.1) is 0 Å². The van der Waals surface area contributed by atoms with Gasteiger partial charge in [0.25, 0.3) is 5.91 Å². The summed E-state index contributed by atoms with van der Waals surface area (Å²) in [5, 5.41) is 11.9. The number of fused-ring (bicyclic) bond motifs is 4. The molecule has 0 radical (unpaired) electrons. The van der Waals surface area contributed by atoms with E-state index in [0.29, 0.717) is 16.5 Å². The highest BCUT2D eigenvalue weighted by Gasteiger charge is 2.30. The Kier molecular flexibility index (Phi) is 8.57. The maximum Gasteiger partial charge on any atom is 0.426 e. The summed E-state index contributed by atoms with van der Waals surface area (Å²) < 4.78 is 12.2. The molecule has 1 heterocycles. The molecule has 0 unspecified atom stereocenters. The van der Waals surface area contributed by atoms with Gasteiger partial charge >= 0.3 is 24.1 Å². The number of nitrogens with one attached hydrogen (secondary N) is 3. The summed E-state index contributed by atoms with van der Waals surface area (Å²) in [4.78, 5) is 62.1. The Morgan fingerprint density at radius 2 is 1.47 bits per heavy atom. The zero-order valence-electron chi connectivity index (χ0n) is 24.8. The number of nitrogens with zero attached hydrogens (tertiary/aromatic N) is 1. The number of rotatable bonds is 6. The number of carboxylic acids is 1. The normalized spacial score (nSPS) is 12.9. The third kappa shape index (κ3) is 6.80. The number of aliphatic carboxylic acids is 1. The largest absolute Gasteiger partial charge is 0.474 e. The topological polar surface area (TPSA) is 165 Å². The van der Waals surface area contributed by atoms with Crippen molar-refractivity contribution in [1.29, 1.82) is 0 Å². The molecule has 12 heteroatoms. The summed E-state index contributed by atoms with van der Waals surface area (Å²) in [7, 11) is 0. The van der Waals surface area contributed by atoms with Gasteiger partial charge in [-0.1, -0.05) is 66.7 Å². The Labute approximate surface area is 258 Å². The van der Waals surface area contributed by atoms with Crippen molar-refractivity contribution in [2.24, 2.45) is 0 Å². The van der Waals surface area contributed by atoms with Crippen LogP contribution in [0.4, 0.5) is 9.59 Å². The molecule has 12 nitrogen and oxygen atoms in total. The van der Waals surface area contributed by atoms with Crippen molar-refractivity contribution in [2.75, 3.05) is 6.61 Å². The predicted octanol–water partition coefficient (Wildman–Crippen LogP) is 4.11. The van der Waals surface area contributed by atoms with Gasteiger partial charge in [0.2, 0.25) is 0 Å². The molecular formula is C33H32N4O8. The molecular weight excluding hydrogens is 580 g/mol. The molecule has 1 atom stereocenters. The van der Waals surface area contributed by atoms with Gasteiger partial charge in [0.1, 0.15) is 18.2 Å². The highest BCUT2D eigenvalue weighted by atomic mass is 16.6. The van der Waals surface area contributed by atoms with E-state index in [1.54, 1.807) is 45.0 Å². The lowest BCUT2D eigenvalue weighted by molar-refractivity contribution is -0.151. The highest BCUT2D eigenvalue weighted by molar-refractivity contribution is 6.32. The third-order valence-electron chi connectivity index (χ3n) is 7.26. The Balaban J connectivity index is 1.28. The average Bonchev–Trinajstić information content (AvgIpc) is 3.53. The summed E-state index contributed by atoms with van der Waals surface area (Å²) >= 11 is 0. The summed E-state index contributed by atoms with van der Waals surface area (Å²) in [5.74, 6) is -4.34. The number of benzene rings is 3. The summed E-state index contributed by atoms with van der Waals surface area (Å²) in [6.45, 7) is 5.17. The fourth-order valence-electron chi connectivity index (χ4n) is 5.36. The van der Waals surface area contributed by atoms with Gasteiger partial charge in [-0.15, -0.1) is 0 Å². The van der Waals surface area contributed by atoms with Crippen LogP contribution < -0.4 is 16.2 Å². The number of hydrazine groups is 1. The summed E-state index contributed by atoms with van der Waals surface area (Å²) in [5.41, 5.74) is 8.67. The highest BCUT2D eigenvalue weighted by Crippen LogP contribution is 2.44. The first kappa shape index (κ1) is 30.8.